The summed E-state index contributed by atoms with van der Waals surface area (Å²) >= 11 is 0. The van der Waals surface area contributed by atoms with E-state index in [1.54, 1.807) is 0 Å². The van der Waals surface area contributed by atoms with Gasteiger partial charge in [-0.3, -0.25) is 4.90 Å². The van der Waals surface area contributed by atoms with Crippen molar-refractivity contribution in [2.75, 3.05) is 34.3 Å². The van der Waals surface area contributed by atoms with Crippen LogP contribution in [0.25, 0.3) is 0 Å². The Morgan fingerprint density at radius 1 is 0.875 bits per heavy atom. The van der Waals surface area contributed by atoms with Crippen molar-refractivity contribution in [2.24, 2.45) is 0 Å². The molecule has 0 bridgehead atoms. The van der Waals surface area contributed by atoms with E-state index >= 15 is 0 Å². The van der Waals surface area contributed by atoms with E-state index in [2.05, 4.69) is 48.2 Å². The minimum atomic E-state index is -0.296. The molecule has 0 aliphatic carbocycles. The van der Waals surface area contributed by atoms with Crippen molar-refractivity contribution in [3.05, 3.63) is 71.3 Å². The van der Waals surface area contributed by atoms with Crippen LogP contribution in [0.15, 0.2) is 54.6 Å². The Labute approximate surface area is 144 Å². The lowest BCUT2D eigenvalue weighted by atomic mass is 10.1. The van der Waals surface area contributed by atoms with E-state index in [1.807, 2.05) is 30.3 Å². The summed E-state index contributed by atoms with van der Waals surface area (Å²) in [5, 5.41) is 0. The molecule has 2 aromatic carbocycles. The van der Waals surface area contributed by atoms with Crippen LogP contribution in [0.4, 0.5) is 0 Å². The van der Waals surface area contributed by atoms with E-state index < -0.39 is 0 Å². The van der Waals surface area contributed by atoms with Crippen molar-refractivity contribution in [2.45, 2.75) is 13.1 Å². The largest absolute Gasteiger partial charge is 0.465 e. The molecule has 0 radical (unpaired) electrons. The van der Waals surface area contributed by atoms with E-state index in [4.69, 9.17) is 4.74 Å². The van der Waals surface area contributed by atoms with Gasteiger partial charge in [0.25, 0.3) is 0 Å². The van der Waals surface area contributed by atoms with E-state index in [0.29, 0.717) is 5.56 Å². The third kappa shape index (κ3) is 5.80. The Morgan fingerprint density at radius 3 is 2.00 bits per heavy atom. The van der Waals surface area contributed by atoms with Gasteiger partial charge in [-0.25, -0.2) is 4.79 Å². The SMILES string of the molecule is COC(=O)c1ccc(CN(CCN(C)C)Cc2ccccc2)cc1. The standard InChI is InChI=1S/C20H26N2O2/c1-21(2)13-14-22(15-17-7-5-4-6-8-17)16-18-9-11-19(12-10-18)20(23)24-3/h4-12H,13-16H2,1-3H3. The van der Waals surface area contributed by atoms with Gasteiger partial charge in [0.2, 0.25) is 0 Å². The van der Waals surface area contributed by atoms with Crippen LogP contribution in [0.1, 0.15) is 21.5 Å². The maximum Gasteiger partial charge on any atom is 0.337 e. The summed E-state index contributed by atoms with van der Waals surface area (Å²) in [5.41, 5.74) is 3.09. The van der Waals surface area contributed by atoms with Crippen molar-refractivity contribution < 1.29 is 9.53 Å². The van der Waals surface area contributed by atoms with Crippen molar-refractivity contribution in [3.63, 3.8) is 0 Å². The van der Waals surface area contributed by atoms with E-state index in [9.17, 15) is 4.79 Å². The van der Waals surface area contributed by atoms with Crippen LogP contribution in [0, 0.1) is 0 Å². The zero-order valence-corrected chi connectivity index (χ0v) is 14.7. The molecule has 0 atom stereocenters. The topological polar surface area (TPSA) is 32.8 Å². The molecule has 0 aromatic heterocycles. The van der Waals surface area contributed by atoms with Crippen molar-refractivity contribution in [3.8, 4) is 0 Å². The van der Waals surface area contributed by atoms with Gasteiger partial charge in [0, 0.05) is 26.2 Å². The van der Waals surface area contributed by atoms with Gasteiger partial charge in [-0.2, -0.15) is 0 Å². The van der Waals surface area contributed by atoms with Gasteiger partial charge in [-0.05, 0) is 37.4 Å². The molecule has 2 rings (SSSR count). The molecule has 2 aromatic rings. The van der Waals surface area contributed by atoms with Gasteiger partial charge in [0.05, 0.1) is 12.7 Å². The lowest BCUT2D eigenvalue weighted by Crippen LogP contribution is -2.31. The van der Waals surface area contributed by atoms with Crippen LogP contribution in [-0.4, -0.2) is 50.1 Å². The fourth-order valence-electron chi connectivity index (χ4n) is 2.52. The highest BCUT2D eigenvalue weighted by molar-refractivity contribution is 5.89. The molecule has 0 saturated heterocycles. The number of carbonyl (C=O) groups is 1. The highest BCUT2D eigenvalue weighted by Crippen LogP contribution is 2.12. The third-order valence-electron chi connectivity index (χ3n) is 3.89. The van der Waals surface area contributed by atoms with Gasteiger partial charge in [0.15, 0.2) is 0 Å². The van der Waals surface area contributed by atoms with E-state index in [0.717, 1.165) is 26.2 Å². The zero-order valence-electron chi connectivity index (χ0n) is 14.7. The summed E-state index contributed by atoms with van der Waals surface area (Å²) in [7, 11) is 5.58. The Balaban J connectivity index is 2.04. The molecule has 0 amide bonds. The second kappa shape index (κ2) is 9.21. The molecular weight excluding hydrogens is 300 g/mol. The molecular formula is C20H26N2O2. The monoisotopic (exact) mass is 326 g/mol. The maximum absolute atomic E-state index is 11.5. The van der Waals surface area contributed by atoms with Gasteiger partial charge in [-0.15, -0.1) is 0 Å². The number of benzene rings is 2. The predicted molar refractivity (Wildman–Crippen MR) is 96.9 cm³/mol. The van der Waals surface area contributed by atoms with Gasteiger partial charge in [0.1, 0.15) is 0 Å². The summed E-state index contributed by atoms with van der Waals surface area (Å²) in [5.74, 6) is -0.296. The summed E-state index contributed by atoms with van der Waals surface area (Å²) in [6.07, 6.45) is 0. The molecule has 0 aliphatic rings. The lowest BCUT2D eigenvalue weighted by Gasteiger charge is -2.24. The summed E-state index contributed by atoms with van der Waals surface area (Å²) in [4.78, 5) is 16.1. The van der Waals surface area contributed by atoms with Crippen LogP contribution >= 0.6 is 0 Å². The van der Waals surface area contributed by atoms with Gasteiger partial charge < -0.3 is 9.64 Å². The molecule has 0 spiro atoms. The molecule has 4 nitrogen and oxygen atoms in total. The fraction of sp³-hybridized carbons (Fsp3) is 0.350. The molecule has 0 heterocycles. The van der Waals surface area contributed by atoms with Crippen LogP contribution < -0.4 is 0 Å². The molecule has 24 heavy (non-hydrogen) atoms. The van der Waals surface area contributed by atoms with E-state index in [-0.39, 0.29) is 5.97 Å². The minimum absolute atomic E-state index is 0.296. The molecule has 4 heteroatoms. The number of carbonyl (C=O) groups excluding carboxylic acids is 1. The number of ether oxygens (including phenoxy) is 1. The van der Waals surface area contributed by atoms with Crippen LogP contribution in [0.3, 0.4) is 0 Å². The minimum Gasteiger partial charge on any atom is -0.465 e. The Morgan fingerprint density at radius 2 is 1.46 bits per heavy atom. The normalized spacial score (nSPS) is 11.0. The summed E-state index contributed by atoms with van der Waals surface area (Å²) in [6.45, 7) is 3.76. The number of nitrogens with zero attached hydrogens (tertiary/aromatic N) is 2. The molecule has 128 valence electrons. The number of hydrogen-bond acceptors (Lipinski definition) is 4. The number of hydrogen-bond donors (Lipinski definition) is 0. The zero-order chi connectivity index (χ0) is 17.4. The first-order valence-electron chi connectivity index (χ1n) is 8.16. The quantitative estimate of drug-likeness (QED) is 0.698. The Hall–Kier alpha value is -2.17. The molecule has 0 fully saturated rings. The second-order valence-corrected chi connectivity index (χ2v) is 6.19. The van der Waals surface area contributed by atoms with Gasteiger partial charge >= 0.3 is 5.97 Å². The number of esters is 1. The Kier molecular flexibility index (Phi) is 6.97. The van der Waals surface area contributed by atoms with Crippen molar-refractivity contribution in [1.82, 2.24) is 9.80 Å². The first-order chi connectivity index (χ1) is 11.6. The average molecular weight is 326 g/mol. The van der Waals surface area contributed by atoms with Crippen LogP contribution in [0.2, 0.25) is 0 Å². The summed E-state index contributed by atoms with van der Waals surface area (Å²) in [6, 6.07) is 18.2. The predicted octanol–water partition coefficient (Wildman–Crippen LogP) is 3.04. The molecule has 0 aliphatic heterocycles. The molecule has 0 saturated carbocycles. The summed E-state index contributed by atoms with van der Waals surface area (Å²) < 4.78 is 4.75. The smallest absolute Gasteiger partial charge is 0.337 e. The highest BCUT2D eigenvalue weighted by atomic mass is 16.5. The third-order valence-corrected chi connectivity index (χ3v) is 3.89. The van der Waals surface area contributed by atoms with Crippen molar-refractivity contribution in [1.29, 1.82) is 0 Å². The second-order valence-electron chi connectivity index (χ2n) is 6.19. The number of methoxy groups -OCH3 is 1. The fourth-order valence-corrected chi connectivity index (χ4v) is 2.52. The van der Waals surface area contributed by atoms with Gasteiger partial charge in [-0.1, -0.05) is 42.5 Å². The average Bonchev–Trinajstić information content (AvgIpc) is 2.60. The number of rotatable bonds is 8. The highest BCUT2D eigenvalue weighted by Gasteiger charge is 2.09. The van der Waals surface area contributed by atoms with E-state index in [1.165, 1.54) is 18.2 Å². The lowest BCUT2D eigenvalue weighted by molar-refractivity contribution is 0.0600. The van der Waals surface area contributed by atoms with Crippen LogP contribution in [-0.2, 0) is 17.8 Å². The first kappa shape index (κ1) is 18.2. The van der Waals surface area contributed by atoms with Crippen LogP contribution in [0.5, 0.6) is 0 Å². The number of likely N-dealkylation sites (N-methyl/N-ethyl adjacent to an activating group) is 1. The maximum atomic E-state index is 11.5. The molecule has 0 N–H and O–H groups in total. The van der Waals surface area contributed by atoms with Crippen molar-refractivity contribution >= 4 is 5.97 Å². The first-order valence-corrected chi connectivity index (χ1v) is 8.16. The molecule has 0 unspecified atom stereocenters. The Bertz CT molecular complexity index is 624.